The van der Waals surface area contributed by atoms with Crippen LogP contribution in [-0.4, -0.2) is 20.7 Å². The lowest BCUT2D eigenvalue weighted by Crippen LogP contribution is -2.25. The van der Waals surface area contributed by atoms with Crippen molar-refractivity contribution >= 4 is 17.5 Å². The standard InChI is InChI=1S/C18H15ClN4O/c19-14-7-3-2-6-13(14)18(24)20-11-17-22-21-16-10-9-12-5-1-4-8-15(12)23(16)17/h1-8H,9-11H2,(H,20,24). The van der Waals surface area contributed by atoms with E-state index in [-0.39, 0.29) is 5.91 Å². The third kappa shape index (κ3) is 2.57. The van der Waals surface area contributed by atoms with Crippen LogP contribution in [0.25, 0.3) is 5.69 Å². The minimum Gasteiger partial charge on any atom is -0.345 e. The molecule has 6 heteroatoms. The number of hydrogen-bond donors (Lipinski definition) is 1. The molecule has 0 saturated carbocycles. The zero-order valence-electron chi connectivity index (χ0n) is 12.9. The van der Waals surface area contributed by atoms with Gasteiger partial charge in [0.15, 0.2) is 5.82 Å². The van der Waals surface area contributed by atoms with Crippen molar-refractivity contribution in [2.75, 3.05) is 0 Å². The zero-order valence-corrected chi connectivity index (χ0v) is 13.6. The molecule has 2 heterocycles. The monoisotopic (exact) mass is 338 g/mol. The van der Waals surface area contributed by atoms with Gasteiger partial charge in [-0.3, -0.25) is 9.36 Å². The fourth-order valence-corrected chi connectivity index (χ4v) is 3.22. The first kappa shape index (κ1) is 14.9. The van der Waals surface area contributed by atoms with Gasteiger partial charge >= 0.3 is 0 Å². The minimum atomic E-state index is -0.220. The number of nitrogens with one attached hydrogen (secondary N) is 1. The Morgan fingerprint density at radius 3 is 2.75 bits per heavy atom. The number of carbonyl (C=O) groups excluding carboxylic acids is 1. The lowest BCUT2D eigenvalue weighted by molar-refractivity contribution is 0.0950. The van der Waals surface area contributed by atoms with Crippen LogP contribution >= 0.6 is 11.6 Å². The number of halogens is 1. The molecule has 0 saturated heterocycles. The van der Waals surface area contributed by atoms with Crippen molar-refractivity contribution in [3.05, 3.63) is 76.3 Å². The second-order valence-corrected chi connectivity index (χ2v) is 6.07. The van der Waals surface area contributed by atoms with E-state index >= 15 is 0 Å². The smallest absolute Gasteiger partial charge is 0.253 e. The minimum absolute atomic E-state index is 0.220. The lowest BCUT2D eigenvalue weighted by atomic mass is 10.0. The first-order chi connectivity index (χ1) is 11.7. The molecule has 1 amide bonds. The first-order valence-electron chi connectivity index (χ1n) is 7.78. The van der Waals surface area contributed by atoms with Gasteiger partial charge in [-0.1, -0.05) is 41.9 Å². The van der Waals surface area contributed by atoms with Gasteiger partial charge in [-0.05, 0) is 30.2 Å². The quantitative estimate of drug-likeness (QED) is 0.798. The predicted molar refractivity (Wildman–Crippen MR) is 91.4 cm³/mol. The van der Waals surface area contributed by atoms with Crippen molar-refractivity contribution in [3.63, 3.8) is 0 Å². The van der Waals surface area contributed by atoms with Gasteiger partial charge in [0.1, 0.15) is 5.82 Å². The van der Waals surface area contributed by atoms with Crippen LogP contribution in [-0.2, 0) is 19.4 Å². The number of rotatable bonds is 3. The van der Waals surface area contributed by atoms with Crippen molar-refractivity contribution in [1.82, 2.24) is 20.1 Å². The number of para-hydroxylation sites is 1. The fourth-order valence-electron chi connectivity index (χ4n) is 2.99. The molecule has 0 atom stereocenters. The number of carbonyl (C=O) groups is 1. The molecular weight excluding hydrogens is 324 g/mol. The number of hydrogen-bond acceptors (Lipinski definition) is 3. The summed E-state index contributed by atoms with van der Waals surface area (Å²) >= 11 is 6.07. The van der Waals surface area contributed by atoms with Gasteiger partial charge in [-0.15, -0.1) is 10.2 Å². The summed E-state index contributed by atoms with van der Waals surface area (Å²) in [5.41, 5.74) is 2.81. The summed E-state index contributed by atoms with van der Waals surface area (Å²) in [4.78, 5) is 12.3. The summed E-state index contributed by atoms with van der Waals surface area (Å²) < 4.78 is 2.03. The molecule has 1 aliphatic heterocycles. The summed E-state index contributed by atoms with van der Waals surface area (Å²) in [5, 5.41) is 11.8. The fraction of sp³-hybridized carbons (Fsp3) is 0.167. The van der Waals surface area contributed by atoms with E-state index in [0.29, 0.717) is 17.1 Å². The Hall–Kier alpha value is -2.66. The Bertz CT molecular complexity index is 919. The zero-order chi connectivity index (χ0) is 16.5. The number of aryl methyl sites for hydroxylation is 2. The second-order valence-electron chi connectivity index (χ2n) is 5.66. The maximum Gasteiger partial charge on any atom is 0.253 e. The van der Waals surface area contributed by atoms with E-state index in [4.69, 9.17) is 11.6 Å². The van der Waals surface area contributed by atoms with E-state index in [2.05, 4.69) is 27.6 Å². The molecule has 0 fully saturated rings. The molecule has 4 rings (SSSR count). The summed E-state index contributed by atoms with van der Waals surface area (Å²) in [5.74, 6) is 1.43. The van der Waals surface area contributed by atoms with Gasteiger partial charge in [0, 0.05) is 6.42 Å². The average molecular weight is 339 g/mol. The van der Waals surface area contributed by atoms with Crippen LogP contribution in [0.2, 0.25) is 5.02 Å². The Labute approximate surface area is 144 Å². The van der Waals surface area contributed by atoms with Crippen LogP contribution < -0.4 is 5.32 Å². The topological polar surface area (TPSA) is 59.8 Å². The van der Waals surface area contributed by atoms with Gasteiger partial charge in [0.25, 0.3) is 5.91 Å². The van der Waals surface area contributed by atoms with Crippen LogP contribution in [0.5, 0.6) is 0 Å². The molecule has 0 aliphatic carbocycles. The summed E-state index contributed by atoms with van der Waals surface area (Å²) in [6.07, 6.45) is 1.81. The summed E-state index contributed by atoms with van der Waals surface area (Å²) in [6, 6.07) is 15.2. The number of amides is 1. The molecule has 5 nitrogen and oxygen atoms in total. The molecule has 24 heavy (non-hydrogen) atoms. The van der Waals surface area contributed by atoms with Gasteiger partial charge in [-0.25, -0.2) is 0 Å². The molecule has 0 radical (unpaired) electrons. The van der Waals surface area contributed by atoms with Crippen molar-refractivity contribution < 1.29 is 4.79 Å². The Kier molecular flexibility index (Phi) is 3.78. The third-order valence-electron chi connectivity index (χ3n) is 4.17. The van der Waals surface area contributed by atoms with Crippen molar-refractivity contribution in [2.24, 2.45) is 0 Å². The highest BCUT2D eigenvalue weighted by molar-refractivity contribution is 6.33. The number of nitrogens with zero attached hydrogens (tertiary/aromatic N) is 3. The highest BCUT2D eigenvalue weighted by Gasteiger charge is 2.21. The summed E-state index contributed by atoms with van der Waals surface area (Å²) in [7, 11) is 0. The van der Waals surface area contributed by atoms with Crippen LogP contribution in [0.1, 0.15) is 27.6 Å². The van der Waals surface area contributed by atoms with E-state index in [0.717, 1.165) is 30.2 Å². The number of fused-ring (bicyclic) bond motifs is 3. The molecule has 2 aromatic carbocycles. The van der Waals surface area contributed by atoms with Crippen molar-refractivity contribution in [3.8, 4) is 5.69 Å². The van der Waals surface area contributed by atoms with E-state index in [1.807, 2.05) is 16.7 Å². The first-order valence-corrected chi connectivity index (χ1v) is 8.16. The van der Waals surface area contributed by atoms with Crippen molar-refractivity contribution in [2.45, 2.75) is 19.4 Å². The molecule has 0 bridgehead atoms. The number of benzene rings is 2. The average Bonchev–Trinajstić information content (AvgIpc) is 3.04. The van der Waals surface area contributed by atoms with Gasteiger partial charge in [0.2, 0.25) is 0 Å². The molecule has 0 unspecified atom stereocenters. The van der Waals surface area contributed by atoms with Gasteiger partial charge in [-0.2, -0.15) is 0 Å². The molecule has 0 spiro atoms. The van der Waals surface area contributed by atoms with Crippen LogP contribution in [0, 0.1) is 0 Å². The molecule has 1 aromatic heterocycles. The van der Waals surface area contributed by atoms with Crippen molar-refractivity contribution in [1.29, 1.82) is 0 Å². The Morgan fingerprint density at radius 1 is 1.08 bits per heavy atom. The highest BCUT2D eigenvalue weighted by atomic mass is 35.5. The van der Waals surface area contributed by atoms with E-state index in [1.54, 1.807) is 24.3 Å². The molecule has 3 aromatic rings. The highest BCUT2D eigenvalue weighted by Crippen LogP contribution is 2.24. The second kappa shape index (κ2) is 6.09. The van der Waals surface area contributed by atoms with Gasteiger partial charge < -0.3 is 5.32 Å². The normalized spacial score (nSPS) is 12.4. The van der Waals surface area contributed by atoms with E-state index in [1.165, 1.54) is 5.56 Å². The maximum absolute atomic E-state index is 12.3. The van der Waals surface area contributed by atoms with E-state index in [9.17, 15) is 4.79 Å². The summed E-state index contributed by atoms with van der Waals surface area (Å²) in [6.45, 7) is 0.297. The Balaban J connectivity index is 1.59. The van der Waals surface area contributed by atoms with Crippen LogP contribution in [0.3, 0.4) is 0 Å². The van der Waals surface area contributed by atoms with Gasteiger partial charge in [0.05, 0.1) is 22.8 Å². The Morgan fingerprint density at radius 2 is 1.88 bits per heavy atom. The van der Waals surface area contributed by atoms with Crippen LogP contribution in [0.15, 0.2) is 48.5 Å². The lowest BCUT2D eigenvalue weighted by Gasteiger charge is -2.19. The largest absolute Gasteiger partial charge is 0.345 e. The SMILES string of the molecule is O=C(NCc1nnc2n1-c1ccccc1CC2)c1ccccc1Cl. The predicted octanol–water partition coefficient (Wildman–Crippen LogP) is 2.95. The van der Waals surface area contributed by atoms with E-state index < -0.39 is 0 Å². The molecule has 1 aliphatic rings. The molecule has 120 valence electrons. The molecule has 1 N–H and O–H groups in total. The maximum atomic E-state index is 12.3. The number of aromatic nitrogens is 3. The van der Waals surface area contributed by atoms with Crippen LogP contribution in [0.4, 0.5) is 0 Å². The molecular formula is C18H15ClN4O. The third-order valence-corrected chi connectivity index (χ3v) is 4.50.